The number of anilines is 1. The maximum atomic E-state index is 10.9. The van der Waals surface area contributed by atoms with Gasteiger partial charge in [-0.05, 0) is 49.1 Å². The number of carbonyl (C=O) groups is 1. The van der Waals surface area contributed by atoms with Crippen LogP contribution >= 0.6 is 11.3 Å². The van der Waals surface area contributed by atoms with Crippen LogP contribution in [-0.4, -0.2) is 32.8 Å². The predicted octanol–water partition coefficient (Wildman–Crippen LogP) is 5.27. The van der Waals surface area contributed by atoms with Gasteiger partial charge in [0.1, 0.15) is 23.5 Å². The largest absolute Gasteiger partial charge is 0.497 e. The summed E-state index contributed by atoms with van der Waals surface area (Å²) in [5, 5.41) is 15.8. The molecule has 3 heterocycles. The molecule has 0 aliphatic heterocycles. The van der Waals surface area contributed by atoms with Gasteiger partial charge in [-0.15, -0.1) is 11.3 Å². The molecule has 1 fully saturated rings. The molecule has 33 heavy (non-hydrogen) atoms. The van der Waals surface area contributed by atoms with Crippen LogP contribution in [0.15, 0.2) is 48.9 Å². The molecule has 4 aromatic rings. The van der Waals surface area contributed by atoms with Crippen molar-refractivity contribution < 1.29 is 14.6 Å². The minimum atomic E-state index is -1.02. The number of methoxy groups -OCH3 is 1. The molecule has 3 N–H and O–H groups in total. The van der Waals surface area contributed by atoms with Gasteiger partial charge in [0.15, 0.2) is 0 Å². The van der Waals surface area contributed by atoms with Crippen LogP contribution in [0.3, 0.4) is 0 Å². The summed E-state index contributed by atoms with van der Waals surface area (Å²) in [7, 11) is 1.66. The minimum Gasteiger partial charge on any atom is -0.497 e. The van der Waals surface area contributed by atoms with Crippen molar-refractivity contribution in [3.05, 3.63) is 59.4 Å². The molecular weight excluding hydrogens is 438 g/mol. The number of rotatable bonds is 8. The molecule has 1 aliphatic carbocycles. The van der Waals surface area contributed by atoms with Crippen molar-refractivity contribution in [2.45, 2.75) is 38.4 Å². The molecule has 0 unspecified atom stereocenters. The third-order valence-corrected chi connectivity index (χ3v) is 7.16. The normalized spacial score (nSPS) is 13.6. The Hall–Kier alpha value is -3.59. The van der Waals surface area contributed by atoms with Crippen LogP contribution in [0.25, 0.3) is 21.5 Å². The van der Waals surface area contributed by atoms with Gasteiger partial charge in [0.25, 0.3) is 0 Å². The predicted molar refractivity (Wildman–Crippen MR) is 129 cm³/mol. The Morgan fingerprint density at radius 1 is 1.18 bits per heavy atom. The first kappa shape index (κ1) is 21.3. The molecule has 5 rings (SSSR count). The number of hydrogen-bond acceptors (Lipinski definition) is 6. The van der Waals surface area contributed by atoms with Gasteiger partial charge < -0.3 is 25.0 Å². The number of nitrogens with zero attached hydrogens (tertiary/aromatic N) is 3. The fraction of sp³-hybridized carbons (Fsp3) is 0.292. The Morgan fingerprint density at radius 3 is 2.70 bits per heavy atom. The molecule has 0 spiro atoms. The molecule has 0 bridgehead atoms. The van der Waals surface area contributed by atoms with E-state index in [4.69, 9.17) is 9.84 Å². The van der Waals surface area contributed by atoms with Crippen molar-refractivity contribution in [1.82, 2.24) is 19.9 Å². The molecular formula is C24H25N5O3S. The van der Waals surface area contributed by atoms with Crippen molar-refractivity contribution in [1.29, 1.82) is 0 Å². The summed E-state index contributed by atoms with van der Waals surface area (Å²) in [5.74, 6) is 1.62. The maximum absolute atomic E-state index is 10.9. The van der Waals surface area contributed by atoms with Crippen LogP contribution < -0.4 is 15.4 Å². The molecule has 1 aromatic carbocycles. The molecule has 3 aromatic heterocycles. The average molecular weight is 464 g/mol. The van der Waals surface area contributed by atoms with Crippen molar-refractivity contribution in [2.24, 2.45) is 0 Å². The second kappa shape index (κ2) is 9.11. The summed E-state index contributed by atoms with van der Waals surface area (Å²) in [6.45, 7) is 0.919. The highest BCUT2D eigenvalue weighted by atomic mass is 32.1. The molecule has 0 atom stereocenters. The fourth-order valence-electron chi connectivity index (χ4n) is 4.06. The quantitative estimate of drug-likeness (QED) is 0.329. The summed E-state index contributed by atoms with van der Waals surface area (Å²) >= 11 is 1.58. The second-order valence-electron chi connectivity index (χ2n) is 8.08. The molecule has 9 heteroatoms. The molecule has 8 nitrogen and oxygen atoms in total. The van der Waals surface area contributed by atoms with Crippen LogP contribution in [-0.2, 0) is 13.1 Å². The highest BCUT2D eigenvalue weighted by molar-refractivity contribution is 7.15. The van der Waals surface area contributed by atoms with Crippen molar-refractivity contribution in [3.8, 4) is 16.2 Å². The lowest BCUT2D eigenvalue weighted by Crippen LogP contribution is -2.19. The summed E-state index contributed by atoms with van der Waals surface area (Å²) < 4.78 is 7.53. The van der Waals surface area contributed by atoms with Crippen LogP contribution in [0.2, 0.25) is 0 Å². The lowest BCUT2D eigenvalue weighted by atomic mass is 9.93. The smallest absolute Gasteiger partial charge is 0.404 e. The van der Waals surface area contributed by atoms with Crippen LogP contribution in [0.1, 0.15) is 35.7 Å². The summed E-state index contributed by atoms with van der Waals surface area (Å²) in [5.41, 5.74) is 3.13. The Labute approximate surface area is 195 Å². The van der Waals surface area contributed by atoms with Gasteiger partial charge in [-0.1, -0.05) is 12.1 Å². The number of thiophene rings is 1. The van der Waals surface area contributed by atoms with Gasteiger partial charge in [0.05, 0.1) is 19.0 Å². The number of benzene rings is 1. The third kappa shape index (κ3) is 4.36. The third-order valence-electron chi connectivity index (χ3n) is 6.04. The van der Waals surface area contributed by atoms with E-state index in [9.17, 15) is 4.79 Å². The number of hydrogen-bond donors (Lipinski definition) is 3. The van der Waals surface area contributed by atoms with E-state index in [1.165, 1.54) is 6.42 Å². The van der Waals surface area contributed by atoms with Crippen molar-refractivity contribution in [3.63, 3.8) is 0 Å². The number of fused-ring (bicyclic) bond motifs is 1. The summed E-state index contributed by atoms with van der Waals surface area (Å²) in [6, 6.07) is 12.4. The fourth-order valence-corrected chi connectivity index (χ4v) is 5.02. The summed E-state index contributed by atoms with van der Waals surface area (Å²) in [4.78, 5) is 22.1. The number of ether oxygens (including phenoxy) is 1. The monoisotopic (exact) mass is 463 g/mol. The van der Waals surface area contributed by atoms with Gasteiger partial charge in [-0.2, -0.15) is 0 Å². The number of amides is 1. The van der Waals surface area contributed by atoms with E-state index >= 15 is 0 Å². The number of aromatic nitrogens is 3. The molecule has 0 saturated heterocycles. The van der Waals surface area contributed by atoms with Gasteiger partial charge in [0, 0.05) is 34.1 Å². The van der Waals surface area contributed by atoms with Crippen molar-refractivity contribution in [2.75, 3.05) is 12.4 Å². The topological polar surface area (TPSA) is 101 Å². The van der Waals surface area contributed by atoms with Gasteiger partial charge >= 0.3 is 6.09 Å². The number of nitrogens with one attached hydrogen (secondary N) is 2. The lowest BCUT2D eigenvalue weighted by Gasteiger charge is -2.27. The van der Waals surface area contributed by atoms with Crippen LogP contribution in [0.4, 0.5) is 10.6 Å². The minimum absolute atomic E-state index is 0.292. The highest BCUT2D eigenvalue weighted by Crippen LogP contribution is 2.42. The van der Waals surface area contributed by atoms with Crippen LogP contribution in [0.5, 0.6) is 5.75 Å². The Kier molecular flexibility index (Phi) is 5.87. The van der Waals surface area contributed by atoms with Gasteiger partial charge in [-0.3, -0.25) is 0 Å². The standard InChI is InChI=1S/C24H25N5O3S/c1-32-17-7-5-15(6-8-17)11-25-22-21-19(20-10-9-18(33-20)12-26-24(30)31)13-29(16-3-2-4-16)23(21)28-14-27-22/h5-10,13-14,16,26H,2-4,11-12H2,1H3,(H,30,31)(H,25,27,28). The SMILES string of the molecule is COc1ccc(CNc2ncnc3c2c(-c2ccc(CNC(=O)O)s2)cn3C2CCC2)cc1. The second-order valence-corrected chi connectivity index (χ2v) is 9.25. The molecule has 1 amide bonds. The molecule has 1 aliphatic rings. The number of carboxylic acid groups (broad SMARTS) is 1. The Balaban J connectivity index is 1.50. The van der Waals surface area contributed by atoms with Crippen molar-refractivity contribution >= 4 is 34.3 Å². The maximum Gasteiger partial charge on any atom is 0.404 e. The van der Waals surface area contributed by atoms with Crippen LogP contribution in [0, 0.1) is 0 Å². The first-order valence-electron chi connectivity index (χ1n) is 10.9. The lowest BCUT2D eigenvalue weighted by molar-refractivity contribution is 0.194. The van der Waals surface area contributed by atoms with Gasteiger partial charge in [-0.25, -0.2) is 14.8 Å². The van der Waals surface area contributed by atoms with E-state index in [0.717, 1.165) is 56.3 Å². The zero-order valence-corrected chi connectivity index (χ0v) is 19.1. The highest BCUT2D eigenvalue weighted by Gasteiger charge is 2.25. The van der Waals surface area contributed by atoms with E-state index in [1.807, 2.05) is 36.4 Å². The molecule has 170 valence electrons. The Morgan fingerprint density at radius 2 is 2.00 bits per heavy atom. The van der Waals surface area contributed by atoms with E-state index in [0.29, 0.717) is 19.1 Å². The first-order chi connectivity index (χ1) is 16.1. The van der Waals surface area contributed by atoms with E-state index < -0.39 is 6.09 Å². The van der Waals surface area contributed by atoms with E-state index in [-0.39, 0.29) is 0 Å². The molecule has 0 radical (unpaired) electrons. The van der Waals surface area contributed by atoms with Gasteiger partial charge in [0.2, 0.25) is 0 Å². The average Bonchev–Trinajstić information content (AvgIpc) is 3.41. The van der Waals surface area contributed by atoms with E-state index in [1.54, 1.807) is 24.8 Å². The molecule has 1 saturated carbocycles. The Bertz CT molecular complexity index is 1280. The zero-order valence-electron chi connectivity index (χ0n) is 18.2. The zero-order chi connectivity index (χ0) is 22.8. The first-order valence-corrected chi connectivity index (χ1v) is 11.7. The summed E-state index contributed by atoms with van der Waals surface area (Å²) in [6.07, 6.45) is 6.32. The van der Waals surface area contributed by atoms with E-state index in [2.05, 4.69) is 31.4 Å².